The monoisotopic (exact) mass is 307 g/mol. The Bertz CT molecular complexity index is 418. The van der Waals surface area contributed by atoms with Crippen molar-refractivity contribution in [3.8, 4) is 0 Å². The van der Waals surface area contributed by atoms with E-state index in [0.717, 1.165) is 6.42 Å². The van der Waals surface area contributed by atoms with Crippen molar-refractivity contribution in [2.24, 2.45) is 0 Å². The van der Waals surface area contributed by atoms with Crippen molar-refractivity contribution in [3.05, 3.63) is 48.0 Å². The molecule has 1 aromatic carbocycles. The second-order valence-electron chi connectivity index (χ2n) is 5.16. The van der Waals surface area contributed by atoms with Crippen LogP contribution in [0.25, 0.3) is 0 Å². The maximum atomic E-state index is 4.08. The third-order valence-corrected chi connectivity index (χ3v) is 4.61. The summed E-state index contributed by atoms with van der Waals surface area (Å²) >= 11 is 3.32. The van der Waals surface area contributed by atoms with Gasteiger partial charge in [0.1, 0.15) is 0 Å². The van der Waals surface area contributed by atoms with Crippen molar-refractivity contribution < 1.29 is 0 Å². The van der Waals surface area contributed by atoms with Crippen molar-refractivity contribution >= 4 is 20.1 Å². The van der Waals surface area contributed by atoms with E-state index in [0.29, 0.717) is 5.92 Å². The fourth-order valence-corrected chi connectivity index (χ4v) is 3.38. The Kier molecular flexibility index (Phi) is 4.79. The normalized spacial score (nSPS) is 16.6. The van der Waals surface area contributed by atoms with Crippen LogP contribution in [0.15, 0.2) is 42.5 Å². The van der Waals surface area contributed by atoms with Gasteiger partial charge in [-0.15, -0.1) is 0 Å². The molecule has 1 aliphatic rings. The number of nitrogens with zero attached hydrogens (tertiary/aromatic N) is 1. The Labute approximate surface area is 118 Å². The third kappa shape index (κ3) is 3.34. The Morgan fingerprint density at radius 3 is 2.44 bits per heavy atom. The Morgan fingerprint density at radius 2 is 1.89 bits per heavy atom. The molecule has 1 nitrogen and oxygen atoms in total. The van der Waals surface area contributed by atoms with E-state index in [9.17, 15) is 0 Å². The van der Waals surface area contributed by atoms with Crippen LogP contribution in [0.1, 0.15) is 37.7 Å². The molecule has 1 aromatic rings. The number of hydrogen-bond donors (Lipinski definition) is 0. The molecule has 0 saturated carbocycles. The molecular formula is C16H21NSe. The van der Waals surface area contributed by atoms with Crippen molar-refractivity contribution in [3.63, 3.8) is 0 Å². The van der Waals surface area contributed by atoms with Gasteiger partial charge < -0.3 is 0 Å². The zero-order valence-electron chi connectivity index (χ0n) is 11.1. The van der Waals surface area contributed by atoms with Crippen molar-refractivity contribution in [1.29, 1.82) is 0 Å². The molecule has 0 amide bonds. The van der Waals surface area contributed by atoms with E-state index in [2.05, 4.69) is 64.3 Å². The van der Waals surface area contributed by atoms with Crippen LogP contribution in [0, 0.1) is 0 Å². The van der Waals surface area contributed by atoms with Crippen LogP contribution in [0.4, 0.5) is 0 Å². The van der Waals surface area contributed by atoms with Gasteiger partial charge in [0, 0.05) is 0 Å². The number of likely N-dealkylation sites (tertiary alicyclic amines) is 1. The molecule has 0 spiro atoms. The average molecular weight is 306 g/mol. The Balaban J connectivity index is 2.19. The molecule has 0 aliphatic carbocycles. The van der Waals surface area contributed by atoms with E-state index >= 15 is 0 Å². The number of allylic oxidation sites excluding steroid dienone is 1. The van der Waals surface area contributed by atoms with Crippen LogP contribution in [0.3, 0.4) is 0 Å². The predicted molar refractivity (Wildman–Crippen MR) is 80.2 cm³/mol. The first kappa shape index (κ1) is 13.6. The molecule has 0 bridgehead atoms. The number of hydrogen-bond acceptors (Lipinski definition) is 1. The van der Waals surface area contributed by atoms with Crippen molar-refractivity contribution in [2.45, 2.75) is 32.1 Å². The van der Waals surface area contributed by atoms with Crippen LogP contribution in [0.2, 0.25) is 0 Å². The summed E-state index contributed by atoms with van der Waals surface area (Å²) < 4.78 is 1.39. The van der Waals surface area contributed by atoms with Crippen LogP contribution < -0.4 is 0 Å². The molecule has 2 heteroatoms. The predicted octanol–water partition coefficient (Wildman–Crippen LogP) is 3.13. The molecule has 1 atom stereocenters. The molecule has 0 aromatic heterocycles. The standard InChI is InChI=1S/C16H21NSe/c1-13(2)12-15(14-8-4-3-5-9-14)16(18)17-10-6-7-11-17/h3-5,8-9,15H,1,6-7,10-12H2,2H3. The van der Waals surface area contributed by atoms with E-state index in [1.807, 2.05) is 0 Å². The van der Waals surface area contributed by atoms with Gasteiger partial charge in [0.2, 0.25) is 0 Å². The van der Waals surface area contributed by atoms with E-state index < -0.39 is 0 Å². The summed E-state index contributed by atoms with van der Waals surface area (Å²) in [6, 6.07) is 10.8. The topological polar surface area (TPSA) is 3.24 Å². The Hall–Kier alpha value is -0.851. The van der Waals surface area contributed by atoms with Gasteiger partial charge in [0.05, 0.1) is 0 Å². The van der Waals surface area contributed by atoms with Crippen molar-refractivity contribution in [2.75, 3.05) is 13.1 Å². The van der Waals surface area contributed by atoms with Gasteiger partial charge in [0.15, 0.2) is 0 Å². The van der Waals surface area contributed by atoms with Gasteiger partial charge in [-0.25, -0.2) is 0 Å². The second kappa shape index (κ2) is 6.36. The zero-order chi connectivity index (χ0) is 13.0. The zero-order valence-corrected chi connectivity index (χ0v) is 12.8. The SMILES string of the molecule is C=C(C)CC(C(=[Se])N1CCCC1)c1ccccc1. The van der Waals surface area contributed by atoms with Gasteiger partial charge in [-0.05, 0) is 0 Å². The first-order valence-corrected chi connectivity index (χ1v) is 7.52. The maximum absolute atomic E-state index is 4.08. The van der Waals surface area contributed by atoms with Crippen molar-refractivity contribution in [1.82, 2.24) is 4.90 Å². The first-order valence-electron chi connectivity index (χ1n) is 6.66. The van der Waals surface area contributed by atoms with E-state index in [4.69, 9.17) is 0 Å². The van der Waals surface area contributed by atoms with Crippen LogP contribution in [-0.2, 0) is 0 Å². The number of rotatable bonds is 5. The van der Waals surface area contributed by atoms with E-state index in [1.54, 1.807) is 0 Å². The number of benzene rings is 1. The van der Waals surface area contributed by atoms with Gasteiger partial charge in [0.25, 0.3) is 0 Å². The first-order chi connectivity index (χ1) is 8.68. The third-order valence-electron chi connectivity index (χ3n) is 3.47. The van der Waals surface area contributed by atoms with E-state index in [-0.39, 0.29) is 0 Å². The minimum atomic E-state index is 0.446. The fraction of sp³-hybridized carbons (Fsp3) is 0.438. The average Bonchev–Trinajstić information content (AvgIpc) is 2.90. The molecule has 18 heavy (non-hydrogen) atoms. The van der Waals surface area contributed by atoms with Gasteiger partial charge in [-0.3, -0.25) is 0 Å². The molecule has 1 fully saturated rings. The summed E-state index contributed by atoms with van der Waals surface area (Å²) in [6.07, 6.45) is 3.67. The minimum absolute atomic E-state index is 0.446. The van der Waals surface area contributed by atoms with Crippen LogP contribution in [0.5, 0.6) is 0 Å². The molecule has 2 rings (SSSR count). The summed E-state index contributed by atoms with van der Waals surface area (Å²) in [5.41, 5.74) is 2.64. The quantitative estimate of drug-likeness (QED) is 0.597. The fourth-order valence-electron chi connectivity index (χ4n) is 2.54. The summed E-state index contributed by atoms with van der Waals surface area (Å²) in [5, 5.41) is 0. The van der Waals surface area contributed by atoms with Crippen LogP contribution in [-0.4, -0.2) is 38.1 Å². The molecule has 96 valence electrons. The molecular weight excluding hydrogens is 285 g/mol. The Morgan fingerprint density at radius 1 is 1.28 bits per heavy atom. The molecule has 1 saturated heterocycles. The van der Waals surface area contributed by atoms with Gasteiger partial charge in [-0.1, -0.05) is 0 Å². The summed E-state index contributed by atoms with van der Waals surface area (Å²) in [4.78, 5) is 2.50. The van der Waals surface area contributed by atoms with Gasteiger partial charge >= 0.3 is 118 Å². The molecule has 1 heterocycles. The second-order valence-corrected chi connectivity index (χ2v) is 6.03. The van der Waals surface area contributed by atoms with E-state index in [1.165, 1.54) is 41.6 Å². The molecule has 0 N–H and O–H groups in total. The summed E-state index contributed by atoms with van der Waals surface area (Å²) in [5.74, 6) is 0.446. The summed E-state index contributed by atoms with van der Waals surface area (Å²) in [7, 11) is 0. The van der Waals surface area contributed by atoms with Crippen LogP contribution >= 0.6 is 0 Å². The summed E-state index contributed by atoms with van der Waals surface area (Å²) in [6.45, 7) is 8.59. The molecule has 0 radical (unpaired) electrons. The van der Waals surface area contributed by atoms with Gasteiger partial charge in [-0.2, -0.15) is 0 Å². The molecule has 1 aliphatic heterocycles. The molecule has 1 unspecified atom stereocenters.